The van der Waals surface area contributed by atoms with Gasteiger partial charge < -0.3 is 19.8 Å². The molecule has 0 aromatic heterocycles. The van der Waals surface area contributed by atoms with E-state index in [0.717, 1.165) is 24.7 Å². The molecule has 2 aliphatic rings. The first-order chi connectivity index (χ1) is 15.5. The molecule has 0 radical (unpaired) electrons. The van der Waals surface area contributed by atoms with E-state index in [1.807, 2.05) is 24.3 Å². The van der Waals surface area contributed by atoms with Gasteiger partial charge >= 0.3 is 6.09 Å². The number of benzene rings is 1. The van der Waals surface area contributed by atoms with Crippen molar-refractivity contribution in [3.63, 3.8) is 0 Å². The monoisotopic (exact) mass is 511 g/mol. The number of hydrogen-bond acceptors (Lipinski definition) is 6. The highest BCUT2D eigenvalue weighted by atomic mass is 32.2. The van der Waals surface area contributed by atoms with E-state index in [1.54, 1.807) is 4.90 Å². The minimum absolute atomic E-state index is 0.0143. The molecule has 3 rings (SSSR count). The normalized spacial score (nSPS) is 23.0. The minimum atomic E-state index is -3.27. The molecule has 0 bridgehead atoms. The Balaban J connectivity index is 1.82. The van der Waals surface area contributed by atoms with Crippen molar-refractivity contribution in [2.45, 2.75) is 75.8 Å². The molecular weight excluding hydrogens is 474 g/mol. The van der Waals surface area contributed by atoms with Crippen LogP contribution in [0.5, 0.6) is 0 Å². The number of carbonyl (C=O) groups excluding carboxylic acids is 2. The Bertz CT molecular complexity index is 1030. The lowest BCUT2D eigenvalue weighted by Crippen LogP contribution is -2.56. The van der Waals surface area contributed by atoms with Gasteiger partial charge in [0.2, 0.25) is 10.0 Å². The number of rotatable bonds is 8. The van der Waals surface area contributed by atoms with Gasteiger partial charge in [-0.2, -0.15) is 0 Å². The molecule has 1 saturated carbocycles. The van der Waals surface area contributed by atoms with Gasteiger partial charge in [0.15, 0.2) is 14.4 Å². The lowest BCUT2D eigenvalue weighted by atomic mass is 9.95. The third-order valence-corrected chi connectivity index (χ3v) is 12.5. The fourth-order valence-corrected chi connectivity index (χ4v) is 5.91. The van der Waals surface area contributed by atoms with Crippen LogP contribution in [0.4, 0.5) is 10.5 Å². The topological polar surface area (TPSA) is 128 Å². The number of ether oxygens (including phenoxy) is 1. The first-order valence-corrected chi connectivity index (χ1v) is 16.3. The summed E-state index contributed by atoms with van der Waals surface area (Å²) in [6.07, 6.45) is 0.925. The molecule has 190 valence electrons. The summed E-state index contributed by atoms with van der Waals surface area (Å²) in [5, 5.41) is -0.0143. The first-order valence-electron chi connectivity index (χ1n) is 11.5. The van der Waals surface area contributed by atoms with Crippen molar-refractivity contribution in [3.05, 3.63) is 29.8 Å². The zero-order valence-corrected chi connectivity index (χ0v) is 22.7. The van der Waals surface area contributed by atoms with E-state index in [-0.39, 0.29) is 28.9 Å². The summed E-state index contributed by atoms with van der Waals surface area (Å²) >= 11 is 0. The molecule has 2 fully saturated rings. The van der Waals surface area contributed by atoms with Gasteiger partial charge in [-0.25, -0.2) is 17.9 Å². The van der Waals surface area contributed by atoms with Crippen LogP contribution < -0.4 is 15.4 Å². The van der Waals surface area contributed by atoms with Crippen molar-refractivity contribution in [1.29, 1.82) is 0 Å². The summed E-state index contributed by atoms with van der Waals surface area (Å²) in [6.45, 7) is 11.4. The number of nitrogens with two attached hydrogens (primary N) is 1. The summed E-state index contributed by atoms with van der Waals surface area (Å²) in [7, 11) is -5.40. The van der Waals surface area contributed by atoms with Gasteiger partial charge in [0.25, 0.3) is 5.91 Å². The standard InChI is InChI=1S/C23H37N3O6SSi/c1-22(2,3)34(5,6)32-18-13-19(31-21(24)28)20(27)26(14-18)17-9-7-16(8-10-17)23(11-12-23)15-25-33(4,29)30/h7-10,18-19,25H,11-15H2,1-6H3,(H2,24,28). The average molecular weight is 512 g/mol. The summed E-state index contributed by atoms with van der Waals surface area (Å²) in [6, 6.07) is 7.57. The molecule has 1 saturated heterocycles. The number of carbonyl (C=O) groups is 2. The molecule has 1 aromatic rings. The second-order valence-electron chi connectivity index (χ2n) is 11.0. The second kappa shape index (κ2) is 9.25. The summed E-state index contributed by atoms with van der Waals surface area (Å²) in [5.41, 5.74) is 6.72. The first kappa shape index (κ1) is 26.6. The van der Waals surface area contributed by atoms with Crippen LogP contribution in [-0.2, 0) is 29.4 Å². The zero-order valence-electron chi connectivity index (χ0n) is 20.9. The lowest BCUT2D eigenvalue weighted by Gasteiger charge is -2.43. The smallest absolute Gasteiger partial charge is 0.405 e. The molecule has 1 aromatic carbocycles. The fraction of sp³-hybridized carbons (Fsp3) is 0.652. The van der Waals surface area contributed by atoms with Gasteiger partial charge in [-0.15, -0.1) is 0 Å². The van der Waals surface area contributed by atoms with Crippen LogP contribution in [-0.4, -0.2) is 60.3 Å². The number of sulfonamides is 1. The largest absolute Gasteiger partial charge is 0.436 e. The van der Waals surface area contributed by atoms with Crippen LogP contribution >= 0.6 is 0 Å². The predicted molar refractivity (Wildman–Crippen MR) is 134 cm³/mol. The van der Waals surface area contributed by atoms with Crippen molar-refractivity contribution in [1.82, 2.24) is 4.72 Å². The average Bonchev–Trinajstić information content (AvgIpc) is 3.48. The number of amides is 2. The Hall–Kier alpha value is -1.95. The van der Waals surface area contributed by atoms with Gasteiger partial charge in [-0.05, 0) is 48.7 Å². The maximum absolute atomic E-state index is 13.1. The van der Waals surface area contributed by atoms with E-state index in [1.165, 1.54) is 0 Å². The molecule has 2 atom stereocenters. The highest BCUT2D eigenvalue weighted by Crippen LogP contribution is 2.48. The highest BCUT2D eigenvalue weighted by molar-refractivity contribution is 7.88. The van der Waals surface area contributed by atoms with Gasteiger partial charge in [0, 0.05) is 24.1 Å². The Labute approximate surface area is 203 Å². The molecule has 3 N–H and O–H groups in total. The number of anilines is 1. The molecule has 1 heterocycles. The van der Waals surface area contributed by atoms with Crippen LogP contribution in [0.25, 0.3) is 0 Å². The Kier molecular flexibility index (Phi) is 7.25. The third kappa shape index (κ3) is 6.18. The quantitative estimate of drug-likeness (QED) is 0.517. The minimum Gasteiger partial charge on any atom is -0.436 e. The van der Waals surface area contributed by atoms with Crippen LogP contribution in [0.1, 0.15) is 45.6 Å². The number of hydrogen-bond donors (Lipinski definition) is 2. The predicted octanol–water partition coefficient (Wildman–Crippen LogP) is 2.86. The van der Waals surface area contributed by atoms with Crippen molar-refractivity contribution in [2.24, 2.45) is 5.73 Å². The third-order valence-electron chi connectivity index (χ3n) is 7.25. The second-order valence-corrected chi connectivity index (χ2v) is 17.6. The maximum atomic E-state index is 13.1. The van der Waals surface area contributed by atoms with Crippen LogP contribution in [0, 0.1) is 0 Å². The Morgan fingerprint density at radius 3 is 2.29 bits per heavy atom. The Morgan fingerprint density at radius 1 is 1.24 bits per heavy atom. The maximum Gasteiger partial charge on any atom is 0.405 e. The lowest BCUT2D eigenvalue weighted by molar-refractivity contribution is -0.130. The molecular formula is C23H37N3O6SSi. The van der Waals surface area contributed by atoms with Crippen LogP contribution in [0.2, 0.25) is 18.1 Å². The molecule has 2 unspecified atom stereocenters. The van der Waals surface area contributed by atoms with Gasteiger partial charge in [0.1, 0.15) is 0 Å². The van der Waals surface area contributed by atoms with Gasteiger partial charge in [0.05, 0.1) is 18.9 Å². The number of piperidine rings is 1. The summed E-state index contributed by atoms with van der Waals surface area (Å²) in [5.74, 6) is -0.332. The van der Waals surface area contributed by atoms with Gasteiger partial charge in [-0.1, -0.05) is 32.9 Å². The molecule has 1 aliphatic heterocycles. The molecule has 0 spiro atoms. The SMILES string of the molecule is CC(C)(C)[Si](C)(C)OC1CC(OC(N)=O)C(=O)N(c2ccc(C3(CNS(C)(=O)=O)CC3)cc2)C1. The Morgan fingerprint density at radius 2 is 1.82 bits per heavy atom. The zero-order chi connectivity index (χ0) is 25.5. The molecule has 1 aliphatic carbocycles. The number of nitrogens with one attached hydrogen (secondary N) is 1. The fourth-order valence-electron chi connectivity index (χ4n) is 4.01. The van der Waals surface area contributed by atoms with E-state index in [2.05, 4.69) is 38.6 Å². The molecule has 9 nitrogen and oxygen atoms in total. The molecule has 34 heavy (non-hydrogen) atoms. The van der Waals surface area contributed by atoms with E-state index in [0.29, 0.717) is 18.8 Å². The van der Waals surface area contributed by atoms with Crippen molar-refractivity contribution in [2.75, 3.05) is 24.2 Å². The summed E-state index contributed by atoms with van der Waals surface area (Å²) < 4.78 is 37.4. The number of nitrogens with zero attached hydrogens (tertiary/aromatic N) is 1. The van der Waals surface area contributed by atoms with E-state index >= 15 is 0 Å². The van der Waals surface area contributed by atoms with E-state index in [4.69, 9.17) is 14.9 Å². The summed E-state index contributed by atoms with van der Waals surface area (Å²) in [4.78, 5) is 26.2. The molecule has 11 heteroatoms. The van der Waals surface area contributed by atoms with Crippen molar-refractivity contribution >= 4 is 36.0 Å². The van der Waals surface area contributed by atoms with E-state index < -0.39 is 30.5 Å². The molecule has 2 amide bonds. The van der Waals surface area contributed by atoms with Crippen molar-refractivity contribution < 1.29 is 27.2 Å². The van der Waals surface area contributed by atoms with E-state index in [9.17, 15) is 18.0 Å². The number of primary amides is 1. The van der Waals surface area contributed by atoms with Gasteiger partial charge in [-0.3, -0.25) is 4.79 Å². The highest BCUT2D eigenvalue weighted by Gasteiger charge is 2.46. The van der Waals surface area contributed by atoms with Crippen molar-refractivity contribution in [3.8, 4) is 0 Å². The van der Waals surface area contributed by atoms with Crippen LogP contribution in [0.3, 0.4) is 0 Å². The van der Waals surface area contributed by atoms with Crippen LogP contribution in [0.15, 0.2) is 24.3 Å².